The van der Waals surface area contributed by atoms with E-state index in [1.807, 2.05) is 6.07 Å². The fourth-order valence-corrected chi connectivity index (χ4v) is 4.47. The predicted octanol–water partition coefficient (Wildman–Crippen LogP) is 1.63. The van der Waals surface area contributed by atoms with Crippen molar-refractivity contribution in [1.29, 1.82) is 0 Å². The van der Waals surface area contributed by atoms with Crippen LogP contribution in [0.15, 0.2) is 30.3 Å². The van der Waals surface area contributed by atoms with E-state index >= 15 is 0 Å². The lowest BCUT2D eigenvalue weighted by Gasteiger charge is -2.35. The normalized spacial score (nSPS) is 30.3. The minimum absolute atomic E-state index is 0.00309. The molecule has 3 atom stereocenters. The van der Waals surface area contributed by atoms with Crippen LogP contribution < -0.4 is 5.32 Å². The summed E-state index contributed by atoms with van der Waals surface area (Å²) in [5.41, 5.74) is 1.28. The van der Waals surface area contributed by atoms with E-state index in [1.165, 1.54) is 24.9 Å². The molecule has 5 nitrogen and oxygen atoms in total. The summed E-state index contributed by atoms with van der Waals surface area (Å²) >= 11 is 0. The van der Waals surface area contributed by atoms with Crippen LogP contribution in [0.3, 0.4) is 0 Å². The molecular formula is C20H29N3O2. The number of amides is 1. The summed E-state index contributed by atoms with van der Waals surface area (Å²) in [6.07, 6.45) is 4.74. The van der Waals surface area contributed by atoms with Crippen molar-refractivity contribution in [2.45, 2.75) is 50.4 Å². The summed E-state index contributed by atoms with van der Waals surface area (Å²) < 4.78 is 5.96. The van der Waals surface area contributed by atoms with Gasteiger partial charge in [0.15, 0.2) is 0 Å². The molecule has 3 saturated heterocycles. The van der Waals surface area contributed by atoms with E-state index in [2.05, 4.69) is 39.4 Å². The quantitative estimate of drug-likeness (QED) is 0.883. The molecule has 3 aliphatic rings. The largest absolute Gasteiger partial charge is 0.373 e. The number of carbonyl (C=O) groups excluding carboxylic acids is 1. The Bertz CT molecular complexity index is 580. The number of rotatable bonds is 5. The van der Waals surface area contributed by atoms with Crippen LogP contribution in [0, 0.1) is 0 Å². The molecule has 3 fully saturated rings. The first-order valence-electron chi connectivity index (χ1n) is 9.71. The van der Waals surface area contributed by atoms with Gasteiger partial charge in [-0.15, -0.1) is 0 Å². The summed E-state index contributed by atoms with van der Waals surface area (Å²) in [7, 11) is 0. The molecule has 0 aromatic heterocycles. The molecule has 0 spiro atoms. The summed E-state index contributed by atoms with van der Waals surface area (Å²) in [5.74, 6) is 0.167. The molecule has 4 rings (SSSR count). The molecule has 5 heteroatoms. The maximum atomic E-state index is 12.7. The average Bonchev–Trinajstić information content (AvgIpc) is 3.29. The number of nitrogens with zero attached hydrogens (tertiary/aromatic N) is 2. The third-order valence-corrected chi connectivity index (χ3v) is 5.86. The van der Waals surface area contributed by atoms with Crippen molar-refractivity contribution in [2.24, 2.45) is 0 Å². The van der Waals surface area contributed by atoms with E-state index in [0.29, 0.717) is 12.6 Å². The Kier molecular flexibility index (Phi) is 5.34. The monoisotopic (exact) mass is 343 g/mol. The first kappa shape index (κ1) is 17.0. The lowest BCUT2D eigenvalue weighted by atomic mass is 10.1. The standard InChI is InChI=1S/C20H29N3O2/c24-20(21-12-18-14-22-10-4-8-17(22)15-25-18)19-9-5-11-23(19)13-16-6-2-1-3-7-16/h1-3,6-7,17-19H,4-5,8-15H2,(H,21,24)/t17-,18+,19+/m0/s1. The zero-order valence-corrected chi connectivity index (χ0v) is 14.9. The molecule has 1 amide bonds. The van der Waals surface area contributed by atoms with Crippen molar-refractivity contribution in [3.05, 3.63) is 35.9 Å². The maximum absolute atomic E-state index is 12.7. The number of likely N-dealkylation sites (tertiary alicyclic amines) is 1. The van der Waals surface area contributed by atoms with Crippen LogP contribution in [0.4, 0.5) is 0 Å². The highest BCUT2D eigenvalue weighted by molar-refractivity contribution is 5.82. The maximum Gasteiger partial charge on any atom is 0.237 e. The van der Waals surface area contributed by atoms with Gasteiger partial charge >= 0.3 is 0 Å². The topological polar surface area (TPSA) is 44.8 Å². The Labute approximate surface area is 150 Å². The smallest absolute Gasteiger partial charge is 0.237 e. The molecule has 0 radical (unpaired) electrons. The van der Waals surface area contributed by atoms with Gasteiger partial charge in [0, 0.05) is 25.7 Å². The SMILES string of the molecule is O=C(NC[C@@H]1CN2CCC[C@H]2CO1)[C@H]1CCCN1Cc1ccccc1. The molecule has 25 heavy (non-hydrogen) atoms. The van der Waals surface area contributed by atoms with E-state index in [0.717, 1.165) is 39.1 Å². The van der Waals surface area contributed by atoms with Gasteiger partial charge in [0.1, 0.15) is 0 Å². The van der Waals surface area contributed by atoms with Gasteiger partial charge in [-0.3, -0.25) is 14.6 Å². The van der Waals surface area contributed by atoms with Crippen molar-refractivity contribution in [3.63, 3.8) is 0 Å². The van der Waals surface area contributed by atoms with Crippen molar-refractivity contribution in [1.82, 2.24) is 15.1 Å². The van der Waals surface area contributed by atoms with Crippen LogP contribution in [-0.2, 0) is 16.1 Å². The van der Waals surface area contributed by atoms with Gasteiger partial charge < -0.3 is 10.1 Å². The van der Waals surface area contributed by atoms with Gasteiger partial charge in [-0.05, 0) is 44.3 Å². The summed E-state index contributed by atoms with van der Waals surface area (Å²) in [6, 6.07) is 11.0. The highest BCUT2D eigenvalue weighted by atomic mass is 16.5. The van der Waals surface area contributed by atoms with E-state index < -0.39 is 0 Å². The second-order valence-corrected chi connectivity index (χ2v) is 7.61. The average molecular weight is 343 g/mol. The molecule has 0 saturated carbocycles. The van der Waals surface area contributed by atoms with Gasteiger partial charge in [0.25, 0.3) is 0 Å². The zero-order valence-electron chi connectivity index (χ0n) is 14.9. The Hall–Kier alpha value is -1.43. The number of fused-ring (bicyclic) bond motifs is 1. The molecule has 3 heterocycles. The lowest BCUT2D eigenvalue weighted by Crippen LogP contribution is -2.52. The third kappa shape index (κ3) is 4.05. The van der Waals surface area contributed by atoms with Crippen LogP contribution in [0.2, 0.25) is 0 Å². The van der Waals surface area contributed by atoms with Crippen molar-refractivity contribution >= 4 is 5.91 Å². The first-order chi connectivity index (χ1) is 12.3. The van der Waals surface area contributed by atoms with E-state index in [1.54, 1.807) is 0 Å². The van der Waals surface area contributed by atoms with Gasteiger partial charge in [-0.2, -0.15) is 0 Å². The molecule has 0 aliphatic carbocycles. The van der Waals surface area contributed by atoms with Crippen LogP contribution in [0.25, 0.3) is 0 Å². The van der Waals surface area contributed by atoms with E-state index in [-0.39, 0.29) is 18.1 Å². The fourth-order valence-electron chi connectivity index (χ4n) is 4.47. The summed E-state index contributed by atoms with van der Waals surface area (Å²) in [4.78, 5) is 17.5. The molecule has 0 bridgehead atoms. The summed E-state index contributed by atoms with van der Waals surface area (Å²) in [5, 5.41) is 3.16. The Balaban J connectivity index is 1.27. The number of benzene rings is 1. The predicted molar refractivity (Wildman–Crippen MR) is 97.2 cm³/mol. The van der Waals surface area contributed by atoms with Gasteiger partial charge in [0.2, 0.25) is 5.91 Å². The van der Waals surface area contributed by atoms with Gasteiger partial charge in [-0.25, -0.2) is 0 Å². The van der Waals surface area contributed by atoms with Crippen LogP contribution >= 0.6 is 0 Å². The highest BCUT2D eigenvalue weighted by Gasteiger charge is 2.34. The molecule has 1 N–H and O–H groups in total. The van der Waals surface area contributed by atoms with Gasteiger partial charge in [0.05, 0.1) is 18.8 Å². The molecule has 3 aliphatic heterocycles. The molecule has 0 unspecified atom stereocenters. The second-order valence-electron chi connectivity index (χ2n) is 7.61. The molecular weight excluding hydrogens is 314 g/mol. The number of hydrogen-bond acceptors (Lipinski definition) is 4. The highest BCUT2D eigenvalue weighted by Crippen LogP contribution is 2.23. The van der Waals surface area contributed by atoms with Crippen LogP contribution in [-0.4, -0.2) is 66.7 Å². The first-order valence-corrected chi connectivity index (χ1v) is 9.71. The fraction of sp³-hybridized carbons (Fsp3) is 0.650. The number of morpholine rings is 1. The minimum Gasteiger partial charge on any atom is -0.373 e. The number of carbonyl (C=O) groups is 1. The molecule has 136 valence electrons. The molecule has 1 aromatic rings. The lowest BCUT2D eigenvalue weighted by molar-refractivity contribution is -0.127. The van der Waals surface area contributed by atoms with Crippen molar-refractivity contribution < 1.29 is 9.53 Å². The Morgan fingerprint density at radius 1 is 1.16 bits per heavy atom. The number of hydrogen-bond donors (Lipinski definition) is 1. The Morgan fingerprint density at radius 3 is 2.88 bits per heavy atom. The number of nitrogens with one attached hydrogen (secondary N) is 1. The van der Waals surface area contributed by atoms with E-state index in [9.17, 15) is 4.79 Å². The van der Waals surface area contributed by atoms with Gasteiger partial charge in [-0.1, -0.05) is 30.3 Å². The molecule has 1 aromatic carbocycles. The summed E-state index contributed by atoms with van der Waals surface area (Å²) in [6.45, 7) is 5.47. The van der Waals surface area contributed by atoms with Crippen LogP contribution in [0.1, 0.15) is 31.2 Å². The van der Waals surface area contributed by atoms with Crippen LogP contribution in [0.5, 0.6) is 0 Å². The zero-order chi connectivity index (χ0) is 17.1. The second kappa shape index (κ2) is 7.85. The number of ether oxygens (including phenoxy) is 1. The van der Waals surface area contributed by atoms with E-state index in [4.69, 9.17) is 4.74 Å². The minimum atomic E-state index is 0.00309. The van der Waals surface area contributed by atoms with Crippen molar-refractivity contribution in [3.8, 4) is 0 Å². The Morgan fingerprint density at radius 2 is 2.00 bits per heavy atom. The third-order valence-electron chi connectivity index (χ3n) is 5.86. The van der Waals surface area contributed by atoms with Crippen molar-refractivity contribution in [2.75, 3.05) is 32.8 Å².